The van der Waals surface area contributed by atoms with E-state index in [0.717, 1.165) is 44.9 Å². The highest BCUT2D eigenvalue weighted by Crippen LogP contribution is 2.38. The molecule has 2 unspecified atom stereocenters. The van der Waals surface area contributed by atoms with E-state index in [0.29, 0.717) is 36.7 Å². The predicted octanol–water partition coefficient (Wildman–Crippen LogP) is 10.9. The second-order valence-corrected chi connectivity index (χ2v) is 16.9. The average molecular weight is 846 g/mol. The van der Waals surface area contributed by atoms with Gasteiger partial charge < -0.3 is 33.0 Å². The highest BCUT2D eigenvalue weighted by molar-refractivity contribution is 7.45. The number of hydrogen-bond donors (Lipinski definition) is 1. The second-order valence-electron chi connectivity index (χ2n) is 15.5. The van der Waals surface area contributed by atoms with Crippen molar-refractivity contribution in [2.75, 3.05) is 47.5 Å². The molecule has 1 N–H and O–H groups in total. The van der Waals surface area contributed by atoms with Gasteiger partial charge >= 0.3 is 11.9 Å². The van der Waals surface area contributed by atoms with Gasteiger partial charge in [0.05, 0.1) is 33.9 Å². The molecular weight excluding hydrogens is 765 g/mol. The number of unbranched alkanes of at least 4 members (excludes halogenated alkanes) is 7. The molecule has 0 bridgehead atoms. The number of hydrogen-bond acceptors (Lipinski definition) is 9. The molecule has 0 spiro atoms. The number of phosphoric ester groups is 1. The molecule has 0 amide bonds. The predicted molar refractivity (Wildman–Crippen MR) is 241 cm³/mol. The molecule has 0 aromatic heterocycles. The number of quaternary nitrogens is 1. The molecule has 0 aromatic rings. The summed E-state index contributed by atoms with van der Waals surface area (Å²) in [6.45, 7) is 3.79. The number of nitrogens with zero attached hydrogens (tertiary/aromatic N) is 1. The van der Waals surface area contributed by atoms with Crippen molar-refractivity contribution < 1.29 is 47.2 Å². The molecular formula is C48H80NO9P. The summed E-state index contributed by atoms with van der Waals surface area (Å²) < 4.78 is 33.6. The molecule has 0 aliphatic carbocycles. The Morgan fingerprint density at radius 3 is 1.80 bits per heavy atom. The maximum Gasteiger partial charge on any atom is 0.306 e. The summed E-state index contributed by atoms with van der Waals surface area (Å²) in [6, 6.07) is 0. The fraction of sp³-hybridized carbons (Fsp3) is 0.625. The summed E-state index contributed by atoms with van der Waals surface area (Å²) >= 11 is 0. The number of aliphatic hydroxyl groups excluding tert-OH is 1. The molecule has 0 heterocycles. The van der Waals surface area contributed by atoms with Gasteiger partial charge in [-0.05, 0) is 77.0 Å². The van der Waals surface area contributed by atoms with Gasteiger partial charge in [-0.1, -0.05) is 143 Å². The standard InChI is InChI=1S/C48H80NO9P/c1-6-8-10-12-14-16-18-20-21-22-23-25-27-29-31-33-35-39-48(52)58-46(44-57-59(53,54)56-42-41-49(3,4)5)43-55-47(51)40-36-38-45(50)37-34-32-30-28-26-24-19-17-15-13-11-9-7-2/h9,11,15,17,20-21,23-26,29-32,34,37,45-46,50H,6-8,10,12-14,16,18-19,22,27-28,33,35-36,38-44H2,1-5H3/b11-9-,17-15-,21-20-,25-23-,26-24-,31-29-,32-30-,37-34+/t45?,46-/m1/s1. The van der Waals surface area contributed by atoms with Crippen molar-refractivity contribution in [3.05, 3.63) is 97.2 Å². The Bertz CT molecular complexity index is 1340. The van der Waals surface area contributed by atoms with Crippen LogP contribution in [0.1, 0.15) is 136 Å². The van der Waals surface area contributed by atoms with E-state index in [1.807, 2.05) is 39.4 Å². The van der Waals surface area contributed by atoms with Crippen LogP contribution in [-0.4, -0.2) is 81.2 Å². The smallest absolute Gasteiger partial charge is 0.306 e. The first kappa shape index (κ1) is 55.9. The number of carbonyl (C=O) groups is 2. The van der Waals surface area contributed by atoms with E-state index in [2.05, 4.69) is 80.7 Å². The fourth-order valence-electron chi connectivity index (χ4n) is 5.23. The highest BCUT2D eigenvalue weighted by Gasteiger charge is 2.21. The lowest BCUT2D eigenvalue weighted by molar-refractivity contribution is -0.870. The number of carbonyl (C=O) groups excluding carboxylic acids is 2. The lowest BCUT2D eigenvalue weighted by Gasteiger charge is -2.28. The van der Waals surface area contributed by atoms with Crippen molar-refractivity contribution in [1.29, 1.82) is 0 Å². The van der Waals surface area contributed by atoms with Crippen LogP contribution in [0.2, 0.25) is 0 Å². The number of esters is 2. The summed E-state index contributed by atoms with van der Waals surface area (Å²) in [5.41, 5.74) is 0. The van der Waals surface area contributed by atoms with Crippen molar-refractivity contribution in [3.63, 3.8) is 0 Å². The lowest BCUT2D eigenvalue weighted by Crippen LogP contribution is -2.37. The number of aliphatic hydroxyl groups is 1. The third-order valence-corrected chi connectivity index (χ3v) is 9.66. The maximum absolute atomic E-state index is 12.7. The molecule has 0 aliphatic heterocycles. The largest absolute Gasteiger partial charge is 0.756 e. The number of allylic oxidation sites excluding steroid dienone is 15. The molecule has 0 saturated heterocycles. The van der Waals surface area contributed by atoms with Gasteiger partial charge in [0.15, 0.2) is 6.10 Å². The van der Waals surface area contributed by atoms with Gasteiger partial charge in [-0.3, -0.25) is 14.2 Å². The Morgan fingerprint density at radius 2 is 1.19 bits per heavy atom. The molecule has 0 fully saturated rings. The number of likely N-dealkylation sites (N-methyl/N-ethyl adjacent to an activating group) is 1. The van der Waals surface area contributed by atoms with E-state index in [4.69, 9.17) is 18.5 Å². The highest BCUT2D eigenvalue weighted by atomic mass is 31.2. The SMILES string of the molecule is CC/C=C\C/C=C\C/C=C\C/C=C\C=C\C(O)CCCC(=O)OC[C@H](COP(=O)([O-])OCC[N+](C)(C)C)OC(=O)CCC/C=C\C/C=C\C/C=C\CCCCCCCC. The van der Waals surface area contributed by atoms with Gasteiger partial charge in [-0.25, -0.2) is 0 Å². The van der Waals surface area contributed by atoms with E-state index in [1.165, 1.54) is 38.5 Å². The Labute approximate surface area is 358 Å². The first-order valence-corrected chi connectivity index (χ1v) is 23.5. The molecule has 0 radical (unpaired) electrons. The normalized spacial score (nSPS) is 15.0. The van der Waals surface area contributed by atoms with Crippen molar-refractivity contribution >= 4 is 19.8 Å². The first-order chi connectivity index (χ1) is 28.4. The van der Waals surface area contributed by atoms with E-state index in [-0.39, 0.29) is 26.1 Å². The van der Waals surface area contributed by atoms with Crippen molar-refractivity contribution in [1.82, 2.24) is 0 Å². The van der Waals surface area contributed by atoms with Crippen molar-refractivity contribution in [2.45, 2.75) is 148 Å². The topological polar surface area (TPSA) is 131 Å². The summed E-state index contributed by atoms with van der Waals surface area (Å²) in [6.07, 6.45) is 47.7. The van der Waals surface area contributed by atoms with Crippen LogP contribution < -0.4 is 4.89 Å². The van der Waals surface area contributed by atoms with Crippen LogP contribution in [0.5, 0.6) is 0 Å². The molecule has 11 heteroatoms. The van der Waals surface area contributed by atoms with Crippen LogP contribution in [-0.2, 0) is 32.7 Å². The third-order valence-electron chi connectivity index (χ3n) is 8.69. The van der Waals surface area contributed by atoms with Gasteiger partial charge in [-0.2, -0.15) is 0 Å². The Morgan fingerprint density at radius 1 is 0.644 bits per heavy atom. The number of phosphoric acid groups is 1. The van der Waals surface area contributed by atoms with E-state index in [9.17, 15) is 24.2 Å². The molecule has 10 nitrogen and oxygen atoms in total. The minimum absolute atomic E-state index is 0.0298. The van der Waals surface area contributed by atoms with Gasteiger partial charge in [0, 0.05) is 12.8 Å². The first-order valence-electron chi connectivity index (χ1n) is 22.1. The summed E-state index contributed by atoms with van der Waals surface area (Å²) in [5.74, 6) is -1.11. The summed E-state index contributed by atoms with van der Waals surface area (Å²) in [7, 11) is 1.01. The second kappa shape index (κ2) is 39.1. The quantitative estimate of drug-likeness (QED) is 0.0161. The van der Waals surface area contributed by atoms with E-state index >= 15 is 0 Å². The minimum atomic E-state index is -4.69. The number of rotatable bonds is 38. The van der Waals surface area contributed by atoms with Gasteiger partial charge in [0.2, 0.25) is 0 Å². The van der Waals surface area contributed by atoms with Gasteiger partial charge in [0.25, 0.3) is 7.82 Å². The summed E-state index contributed by atoms with van der Waals surface area (Å²) in [4.78, 5) is 37.5. The van der Waals surface area contributed by atoms with Crippen molar-refractivity contribution in [3.8, 4) is 0 Å². The molecule has 0 rings (SSSR count). The molecule has 0 aromatic carbocycles. The van der Waals surface area contributed by atoms with Crippen LogP contribution in [0.15, 0.2) is 97.2 Å². The zero-order chi connectivity index (χ0) is 43.7. The zero-order valence-electron chi connectivity index (χ0n) is 37.3. The molecule has 59 heavy (non-hydrogen) atoms. The minimum Gasteiger partial charge on any atom is -0.756 e. The van der Waals surface area contributed by atoms with Crippen LogP contribution in [0.25, 0.3) is 0 Å². The number of ether oxygens (including phenoxy) is 2. The third kappa shape index (κ3) is 42.8. The average Bonchev–Trinajstić information content (AvgIpc) is 3.18. The fourth-order valence-corrected chi connectivity index (χ4v) is 5.96. The molecule has 336 valence electrons. The lowest BCUT2D eigenvalue weighted by atomic mass is 10.1. The molecule has 3 atom stereocenters. The zero-order valence-corrected chi connectivity index (χ0v) is 38.2. The maximum atomic E-state index is 12.7. The monoisotopic (exact) mass is 846 g/mol. The molecule has 0 aliphatic rings. The Balaban J connectivity index is 4.66. The Hall–Kier alpha value is -3.11. The van der Waals surface area contributed by atoms with Gasteiger partial charge in [0.1, 0.15) is 19.8 Å². The van der Waals surface area contributed by atoms with E-state index in [1.54, 1.807) is 12.2 Å². The van der Waals surface area contributed by atoms with Crippen LogP contribution in [0.3, 0.4) is 0 Å². The van der Waals surface area contributed by atoms with Gasteiger partial charge in [-0.15, -0.1) is 0 Å². The molecule has 0 saturated carbocycles. The van der Waals surface area contributed by atoms with Crippen LogP contribution in [0.4, 0.5) is 0 Å². The Kier molecular flexibility index (Phi) is 37.0. The summed E-state index contributed by atoms with van der Waals surface area (Å²) in [5, 5.41) is 10.3. The van der Waals surface area contributed by atoms with E-state index < -0.39 is 38.6 Å². The van der Waals surface area contributed by atoms with Crippen LogP contribution in [0, 0.1) is 0 Å². The van der Waals surface area contributed by atoms with Crippen LogP contribution >= 0.6 is 7.82 Å². The van der Waals surface area contributed by atoms with Crippen molar-refractivity contribution in [2.24, 2.45) is 0 Å².